The Labute approximate surface area is 221 Å². The molecule has 0 radical (unpaired) electrons. The normalized spacial score (nSPS) is 10.5. The van der Waals surface area contributed by atoms with Gasteiger partial charge in [-0.05, 0) is 72.9 Å². The van der Waals surface area contributed by atoms with Crippen molar-refractivity contribution in [2.75, 3.05) is 10.6 Å². The number of hydrogen-bond donors (Lipinski definition) is 3. The number of nitrogens with one attached hydrogen (secondary N) is 3. The predicted octanol–water partition coefficient (Wildman–Crippen LogP) is 7.29. The maximum atomic E-state index is 12.6. The zero-order valence-electron chi connectivity index (χ0n) is 17.8. The summed E-state index contributed by atoms with van der Waals surface area (Å²) in [5.74, 6) is -0.418. The third kappa shape index (κ3) is 6.21. The SMILES string of the molecule is O=C(Nc1cccc(NC(=S)NC(=O)c2ccc(-c3cccc(Cl)c3Cl)o2)c1)c1cccc(Cl)c1. The monoisotopic (exact) mass is 543 g/mol. The molecule has 0 aliphatic heterocycles. The van der Waals surface area contributed by atoms with Gasteiger partial charge in [0, 0.05) is 27.5 Å². The van der Waals surface area contributed by atoms with Crippen LogP contribution in [0.2, 0.25) is 15.1 Å². The second-order valence-electron chi connectivity index (χ2n) is 7.22. The van der Waals surface area contributed by atoms with Gasteiger partial charge >= 0.3 is 0 Å². The Morgan fingerprint density at radius 3 is 2.26 bits per heavy atom. The first-order valence-corrected chi connectivity index (χ1v) is 11.7. The summed E-state index contributed by atoms with van der Waals surface area (Å²) in [4.78, 5) is 25.0. The molecule has 0 atom stereocenters. The average Bonchev–Trinajstić information content (AvgIpc) is 3.31. The fourth-order valence-electron chi connectivity index (χ4n) is 3.13. The van der Waals surface area contributed by atoms with Crippen molar-refractivity contribution in [3.8, 4) is 11.3 Å². The number of furan rings is 1. The molecule has 4 rings (SSSR count). The number of benzene rings is 3. The molecule has 0 fully saturated rings. The van der Waals surface area contributed by atoms with Crippen molar-refractivity contribution in [3.05, 3.63) is 105 Å². The van der Waals surface area contributed by atoms with E-state index in [1.54, 1.807) is 72.8 Å². The molecule has 2 amide bonds. The van der Waals surface area contributed by atoms with Crippen LogP contribution in [-0.2, 0) is 0 Å². The van der Waals surface area contributed by atoms with Gasteiger partial charge in [0.1, 0.15) is 5.76 Å². The smallest absolute Gasteiger partial charge is 0.293 e. The lowest BCUT2D eigenvalue weighted by Gasteiger charge is -2.11. The predicted molar refractivity (Wildman–Crippen MR) is 144 cm³/mol. The van der Waals surface area contributed by atoms with E-state index in [-0.39, 0.29) is 16.8 Å². The van der Waals surface area contributed by atoms with Crippen molar-refractivity contribution in [1.82, 2.24) is 5.32 Å². The fraction of sp³-hybridized carbons (Fsp3) is 0. The van der Waals surface area contributed by atoms with Crippen molar-refractivity contribution in [3.63, 3.8) is 0 Å². The van der Waals surface area contributed by atoms with Crippen molar-refractivity contribution in [2.45, 2.75) is 0 Å². The van der Waals surface area contributed by atoms with Crippen LogP contribution in [0.4, 0.5) is 11.4 Å². The number of anilines is 2. The van der Waals surface area contributed by atoms with Gasteiger partial charge in [-0.25, -0.2) is 0 Å². The molecular weight excluding hydrogens is 529 g/mol. The highest BCUT2D eigenvalue weighted by Gasteiger charge is 2.16. The topological polar surface area (TPSA) is 83.4 Å². The second kappa shape index (κ2) is 10.9. The van der Waals surface area contributed by atoms with Gasteiger partial charge in [-0.2, -0.15) is 0 Å². The molecule has 10 heteroatoms. The number of carbonyl (C=O) groups excluding carboxylic acids is 2. The molecule has 0 saturated carbocycles. The van der Waals surface area contributed by atoms with E-state index < -0.39 is 5.91 Å². The molecule has 1 heterocycles. The molecule has 0 unspecified atom stereocenters. The lowest BCUT2D eigenvalue weighted by atomic mass is 10.2. The third-order valence-electron chi connectivity index (χ3n) is 4.74. The van der Waals surface area contributed by atoms with Crippen LogP contribution < -0.4 is 16.0 Å². The van der Waals surface area contributed by atoms with Crippen LogP contribution in [0.15, 0.2) is 83.3 Å². The summed E-state index contributed by atoms with van der Waals surface area (Å²) in [5, 5.41) is 9.47. The molecule has 6 nitrogen and oxygen atoms in total. The lowest BCUT2D eigenvalue weighted by molar-refractivity contribution is 0.0950. The first-order valence-electron chi connectivity index (χ1n) is 10.1. The van der Waals surface area contributed by atoms with E-state index in [4.69, 9.17) is 51.4 Å². The zero-order valence-corrected chi connectivity index (χ0v) is 20.9. The Hall–Kier alpha value is -3.36. The van der Waals surface area contributed by atoms with Gasteiger partial charge in [0.05, 0.1) is 10.0 Å². The minimum atomic E-state index is -0.544. The van der Waals surface area contributed by atoms with E-state index >= 15 is 0 Å². The van der Waals surface area contributed by atoms with Crippen LogP contribution in [-0.4, -0.2) is 16.9 Å². The number of hydrogen-bond acceptors (Lipinski definition) is 4. The summed E-state index contributed by atoms with van der Waals surface area (Å²) >= 11 is 23.5. The number of amides is 2. The zero-order chi connectivity index (χ0) is 24.9. The Kier molecular flexibility index (Phi) is 7.73. The van der Waals surface area contributed by atoms with Gasteiger partial charge in [-0.3, -0.25) is 14.9 Å². The van der Waals surface area contributed by atoms with Crippen LogP contribution in [0.1, 0.15) is 20.9 Å². The summed E-state index contributed by atoms with van der Waals surface area (Å²) < 4.78 is 5.63. The summed E-state index contributed by atoms with van der Waals surface area (Å²) in [7, 11) is 0. The Bertz CT molecular complexity index is 1440. The minimum absolute atomic E-state index is 0.0442. The summed E-state index contributed by atoms with van der Waals surface area (Å²) in [6.45, 7) is 0. The quantitative estimate of drug-likeness (QED) is 0.230. The number of carbonyl (C=O) groups is 2. The minimum Gasteiger partial charge on any atom is -0.451 e. The van der Waals surface area contributed by atoms with E-state index in [9.17, 15) is 9.59 Å². The molecule has 0 aliphatic carbocycles. The Morgan fingerprint density at radius 2 is 1.49 bits per heavy atom. The molecule has 0 spiro atoms. The van der Waals surface area contributed by atoms with E-state index in [0.717, 1.165) is 0 Å². The fourth-order valence-corrected chi connectivity index (χ4v) is 3.93. The maximum absolute atomic E-state index is 12.6. The summed E-state index contributed by atoms with van der Waals surface area (Å²) in [5.41, 5.74) is 2.08. The van der Waals surface area contributed by atoms with Gasteiger partial charge in [-0.15, -0.1) is 0 Å². The molecule has 3 N–H and O–H groups in total. The van der Waals surface area contributed by atoms with Crippen LogP contribution in [0.5, 0.6) is 0 Å². The highest BCUT2D eigenvalue weighted by atomic mass is 35.5. The Balaban J connectivity index is 1.38. The summed E-state index contributed by atoms with van der Waals surface area (Å²) in [6, 6.07) is 21.7. The highest BCUT2D eigenvalue weighted by molar-refractivity contribution is 7.80. The molecule has 3 aromatic carbocycles. The number of rotatable bonds is 5. The number of halogens is 3. The number of thiocarbonyl (C=S) groups is 1. The van der Waals surface area contributed by atoms with E-state index in [1.807, 2.05) is 0 Å². The van der Waals surface area contributed by atoms with Crippen LogP contribution in [0.25, 0.3) is 11.3 Å². The van der Waals surface area contributed by atoms with Crippen LogP contribution in [0.3, 0.4) is 0 Å². The summed E-state index contributed by atoms with van der Waals surface area (Å²) in [6.07, 6.45) is 0. The Morgan fingerprint density at radius 1 is 0.771 bits per heavy atom. The third-order valence-corrected chi connectivity index (χ3v) is 6.00. The first kappa shape index (κ1) is 24.8. The molecule has 0 aliphatic rings. The molecule has 4 aromatic rings. The van der Waals surface area contributed by atoms with Gasteiger partial charge in [0.15, 0.2) is 10.9 Å². The first-order chi connectivity index (χ1) is 16.8. The maximum Gasteiger partial charge on any atom is 0.293 e. The highest BCUT2D eigenvalue weighted by Crippen LogP contribution is 2.34. The van der Waals surface area contributed by atoms with Crippen LogP contribution >= 0.6 is 47.0 Å². The molecule has 35 heavy (non-hydrogen) atoms. The van der Waals surface area contributed by atoms with Gasteiger partial charge in [0.25, 0.3) is 11.8 Å². The van der Waals surface area contributed by atoms with E-state index in [1.165, 1.54) is 6.07 Å². The molecule has 0 saturated heterocycles. The van der Waals surface area contributed by atoms with Gasteiger partial charge in [-0.1, -0.05) is 53.0 Å². The molecule has 1 aromatic heterocycles. The lowest BCUT2D eigenvalue weighted by Crippen LogP contribution is -2.33. The van der Waals surface area contributed by atoms with Crippen LogP contribution in [0, 0.1) is 0 Å². The molecule has 176 valence electrons. The van der Waals surface area contributed by atoms with Gasteiger partial charge in [0.2, 0.25) is 0 Å². The van der Waals surface area contributed by atoms with E-state index in [2.05, 4.69) is 16.0 Å². The molecular formula is C25H16Cl3N3O3S. The van der Waals surface area contributed by atoms with Crippen molar-refractivity contribution in [2.24, 2.45) is 0 Å². The van der Waals surface area contributed by atoms with Crippen molar-refractivity contribution < 1.29 is 14.0 Å². The largest absolute Gasteiger partial charge is 0.451 e. The van der Waals surface area contributed by atoms with Crippen molar-refractivity contribution in [1.29, 1.82) is 0 Å². The molecule has 0 bridgehead atoms. The van der Waals surface area contributed by atoms with Gasteiger partial charge < -0.3 is 15.1 Å². The average molecular weight is 545 g/mol. The standard InChI is InChI=1S/C25H16Cl3N3O3S/c26-15-5-1-4-14(12-15)23(32)29-16-6-2-7-17(13-16)30-25(35)31-24(33)21-11-10-20(34-21)18-8-3-9-19(27)22(18)28/h1-13H,(H,29,32)(H2,30,31,33,35). The second-order valence-corrected chi connectivity index (χ2v) is 8.85. The van der Waals surface area contributed by atoms with E-state index in [0.29, 0.717) is 43.3 Å². The van der Waals surface area contributed by atoms with Crippen molar-refractivity contribution >= 4 is 75.3 Å².